The lowest BCUT2D eigenvalue weighted by Crippen LogP contribution is -2.29. The Bertz CT molecular complexity index is 1340. The van der Waals surface area contributed by atoms with Crippen LogP contribution in [0.25, 0.3) is 22.2 Å². The number of benzene rings is 2. The minimum Gasteiger partial charge on any atom is -0.443 e. The number of nitrogens with one attached hydrogen (secondary N) is 1. The highest BCUT2D eigenvalue weighted by atomic mass is 35.5. The van der Waals surface area contributed by atoms with Crippen molar-refractivity contribution in [1.29, 1.82) is 0 Å². The van der Waals surface area contributed by atoms with E-state index in [0.29, 0.717) is 22.3 Å². The first-order chi connectivity index (χ1) is 16.6. The predicted molar refractivity (Wildman–Crippen MR) is 134 cm³/mol. The lowest BCUT2D eigenvalue weighted by atomic mass is 9.99. The molecule has 1 amide bonds. The lowest BCUT2D eigenvalue weighted by Gasteiger charge is -2.26. The summed E-state index contributed by atoms with van der Waals surface area (Å²) in [7, 11) is 0. The molecule has 5 rings (SSSR count). The quantitative estimate of drug-likeness (QED) is 0.474. The fourth-order valence-corrected chi connectivity index (χ4v) is 5.22. The highest BCUT2D eigenvalue weighted by Crippen LogP contribution is 2.38. The van der Waals surface area contributed by atoms with Crippen LogP contribution in [0.5, 0.6) is 0 Å². The zero-order valence-electron chi connectivity index (χ0n) is 20.2. The van der Waals surface area contributed by atoms with E-state index in [1.807, 2.05) is 18.2 Å². The van der Waals surface area contributed by atoms with Gasteiger partial charge in [0.15, 0.2) is 0 Å². The van der Waals surface area contributed by atoms with E-state index in [9.17, 15) is 14.0 Å². The number of rotatable bonds is 3. The lowest BCUT2D eigenvalue weighted by molar-refractivity contribution is 0.0547. The smallest absolute Gasteiger partial charge is 0.419 e. The average Bonchev–Trinajstić information content (AvgIpc) is 3.37. The third-order valence-corrected chi connectivity index (χ3v) is 6.95. The van der Waals surface area contributed by atoms with Crippen molar-refractivity contribution in [1.82, 2.24) is 14.8 Å². The number of hydrogen-bond acceptors (Lipinski definition) is 4. The number of ether oxygens (including phenoxy) is 1. The Hall–Kier alpha value is -2.90. The fourth-order valence-electron chi connectivity index (χ4n) is 5.00. The summed E-state index contributed by atoms with van der Waals surface area (Å²) in [6, 6.07) is 9.03. The Balaban J connectivity index is 1.67. The van der Waals surface area contributed by atoms with Gasteiger partial charge in [0.1, 0.15) is 11.4 Å². The zero-order chi connectivity index (χ0) is 24.9. The van der Waals surface area contributed by atoms with Crippen molar-refractivity contribution in [2.75, 3.05) is 13.1 Å². The molecule has 0 saturated carbocycles. The molecular formula is C27H29ClFN3O3. The molecule has 35 heavy (non-hydrogen) atoms. The van der Waals surface area contributed by atoms with Crippen LogP contribution in [0, 0.1) is 5.82 Å². The number of carbonyl (C=O) groups excluding carboxylic acids is 2. The summed E-state index contributed by atoms with van der Waals surface area (Å²) in [5.74, 6) is -0.979. The molecule has 2 aliphatic heterocycles. The number of likely N-dealkylation sites (tertiary alicyclic amines) is 1. The van der Waals surface area contributed by atoms with Gasteiger partial charge in [-0.2, -0.15) is 0 Å². The summed E-state index contributed by atoms with van der Waals surface area (Å²) in [6.07, 6.45) is 3.09. The summed E-state index contributed by atoms with van der Waals surface area (Å²) in [5, 5.41) is 3.46. The van der Waals surface area contributed by atoms with Crippen molar-refractivity contribution >= 4 is 34.5 Å². The average molecular weight is 498 g/mol. The van der Waals surface area contributed by atoms with E-state index in [0.717, 1.165) is 30.6 Å². The molecule has 0 atom stereocenters. The molecule has 1 N–H and O–H groups in total. The molecule has 1 saturated heterocycles. The van der Waals surface area contributed by atoms with Crippen LogP contribution in [0.3, 0.4) is 0 Å². The van der Waals surface area contributed by atoms with Gasteiger partial charge in [0.25, 0.3) is 5.91 Å². The van der Waals surface area contributed by atoms with Crippen molar-refractivity contribution < 1.29 is 18.7 Å². The zero-order valence-corrected chi connectivity index (χ0v) is 21.0. The molecule has 2 aliphatic rings. The first-order valence-electron chi connectivity index (χ1n) is 12.0. The van der Waals surface area contributed by atoms with Gasteiger partial charge in [-0.25, -0.2) is 13.8 Å². The second-order valence-corrected chi connectivity index (χ2v) is 10.7. The molecule has 8 heteroatoms. The maximum Gasteiger partial charge on any atom is 0.419 e. The van der Waals surface area contributed by atoms with E-state index >= 15 is 0 Å². The van der Waals surface area contributed by atoms with Crippen molar-refractivity contribution in [3.8, 4) is 11.3 Å². The highest BCUT2D eigenvalue weighted by Gasteiger charge is 2.31. The fraction of sp³-hybridized carbons (Fsp3) is 0.407. The van der Waals surface area contributed by atoms with Gasteiger partial charge in [0.05, 0.1) is 21.8 Å². The minimum atomic E-state index is -0.732. The van der Waals surface area contributed by atoms with Gasteiger partial charge in [0, 0.05) is 29.6 Å². The highest BCUT2D eigenvalue weighted by molar-refractivity contribution is 6.32. The standard InChI is InChI=1S/C27H29ClFN3O3/c1-27(2,3)35-26(34)32-21-8-7-16(15-31-9-5-4-6-10-31)11-17(21)12-22(32)18-13-20(29)24(28)19-14-30-25(33)23(18)19/h7-8,11-13H,4-6,9-10,14-15H2,1-3H3,(H,30,33). The molecule has 3 heterocycles. The minimum absolute atomic E-state index is 0.0779. The molecule has 0 bridgehead atoms. The molecule has 0 unspecified atom stereocenters. The first kappa shape index (κ1) is 23.8. The summed E-state index contributed by atoms with van der Waals surface area (Å²) < 4.78 is 22.0. The van der Waals surface area contributed by atoms with Crippen LogP contribution < -0.4 is 5.32 Å². The van der Waals surface area contributed by atoms with Gasteiger partial charge in [-0.15, -0.1) is 0 Å². The molecule has 1 aromatic heterocycles. The third kappa shape index (κ3) is 4.55. The monoisotopic (exact) mass is 497 g/mol. The number of nitrogens with zero attached hydrogens (tertiary/aromatic N) is 2. The summed E-state index contributed by atoms with van der Waals surface area (Å²) in [5.41, 5.74) is 2.45. The molecular weight excluding hydrogens is 469 g/mol. The van der Waals surface area contributed by atoms with Crippen LogP contribution in [-0.4, -0.2) is 40.2 Å². The summed E-state index contributed by atoms with van der Waals surface area (Å²) in [6.45, 7) is 8.50. The summed E-state index contributed by atoms with van der Waals surface area (Å²) in [4.78, 5) is 28.5. The second-order valence-electron chi connectivity index (χ2n) is 10.3. The molecule has 2 aromatic carbocycles. The van der Waals surface area contributed by atoms with Crippen molar-refractivity contribution in [2.24, 2.45) is 0 Å². The van der Waals surface area contributed by atoms with Crippen molar-refractivity contribution in [3.05, 3.63) is 57.9 Å². The SMILES string of the molecule is CC(C)(C)OC(=O)n1c(-c2cc(F)c(Cl)c3c2C(=O)NC3)cc2cc(CN3CCCCC3)ccc21. The number of hydrogen-bond donors (Lipinski definition) is 1. The van der Waals surface area contributed by atoms with E-state index in [-0.39, 0.29) is 23.0 Å². The van der Waals surface area contributed by atoms with Gasteiger partial charge >= 0.3 is 6.09 Å². The van der Waals surface area contributed by atoms with E-state index < -0.39 is 17.5 Å². The van der Waals surface area contributed by atoms with E-state index in [1.54, 1.807) is 20.8 Å². The van der Waals surface area contributed by atoms with Crippen LogP contribution in [0.1, 0.15) is 61.5 Å². The molecule has 0 aliphatic carbocycles. The Morgan fingerprint density at radius 3 is 2.60 bits per heavy atom. The molecule has 1 fully saturated rings. The van der Waals surface area contributed by atoms with Crippen molar-refractivity contribution in [3.63, 3.8) is 0 Å². The molecule has 3 aromatic rings. The first-order valence-corrected chi connectivity index (χ1v) is 12.4. The number of fused-ring (bicyclic) bond motifs is 2. The normalized spacial score (nSPS) is 16.4. The molecule has 184 valence electrons. The van der Waals surface area contributed by atoms with Gasteiger partial charge in [0.2, 0.25) is 0 Å². The van der Waals surface area contributed by atoms with Crippen LogP contribution in [-0.2, 0) is 17.8 Å². The third-order valence-electron chi connectivity index (χ3n) is 6.54. The van der Waals surface area contributed by atoms with Crippen LogP contribution >= 0.6 is 11.6 Å². The van der Waals surface area contributed by atoms with Gasteiger partial charge in [-0.05, 0) is 76.5 Å². The molecule has 0 radical (unpaired) electrons. The van der Waals surface area contributed by atoms with Gasteiger partial charge in [-0.1, -0.05) is 24.1 Å². The predicted octanol–water partition coefficient (Wildman–Crippen LogP) is 6.11. The number of carbonyl (C=O) groups is 2. The molecule has 0 spiro atoms. The number of piperidine rings is 1. The Labute approximate surface area is 209 Å². The van der Waals surface area contributed by atoms with Gasteiger partial charge in [-0.3, -0.25) is 9.69 Å². The molecule has 6 nitrogen and oxygen atoms in total. The maximum absolute atomic E-state index is 14.8. The number of amides is 1. The number of aromatic nitrogens is 1. The van der Waals surface area contributed by atoms with E-state index in [2.05, 4.69) is 16.3 Å². The largest absolute Gasteiger partial charge is 0.443 e. The maximum atomic E-state index is 14.8. The number of halogens is 2. The topological polar surface area (TPSA) is 63.6 Å². The van der Waals surface area contributed by atoms with E-state index in [1.165, 1.54) is 29.9 Å². The van der Waals surface area contributed by atoms with Crippen LogP contribution in [0.2, 0.25) is 5.02 Å². The van der Waals surface area contributed by atoms with Crippen LogP contribution in [0.4, 0.5) is 9.18 Å². The Morgan fingerprint density at radius 2 is 1.89 bits per heavy atom. The Kier molecular flexibility index (Phi) is 6.09. The van der Waals surface area contributed by atoms with Crippen LogP contribution in [0.15, 0.2) is 30.3 Å². The second kappa shape index (κ2) is 8.95. The van der Waals surface area contributed by atoms with E-state index in [4.69, 9.17) is 16.3 Å². The van der Waals surface area contributed by atoms with Gasteiger partial charge < -0.3 is 10.1 Å². The van der Waals surface area contributed by atoms with Crippen molar-refractivity contribution in [2.45, 2.75) is 58.7 Å². The Morgan fingerprint density at radius 1 is 1.14 bits per heavy atom. The summed E-state index contributed by atoms with van der Waals surface area (Å²) >= 11 is 6.17.